The first kappa shape index (κ1) is 12.1. The molecule has 0 N–H and O–H groups in total. The average Bonchev–Trinajstić information content (AvgIpc) is 2.25. The van der Waals surface area contributed by atoms with E-state index in [1.165, 1.54) is 6.42 Å². The maximum atomic E-state index is 6.00. The summed E-state index contributed by atoms with van der Waals surface area (Å²) < 4.78 is 11.5. The minimum atomic E-state index is -0.0328. The van der Waals surface area contributed by atoms with Crippen LogP contribution >= 0.6 is 0 Å². The Morgan fingerprint density at radius 2 is 1.81 bits per heavy atom. The van der Waals surface area contributed by atoms with E-state index >= 15 is 0 Å². The smallest absolute Gasteiger partial charge is 0.155 e. The summed E-state index contributed by atoms with van der Waals surface area (Å²) in [5, 5.41) is 0. The van der Waals surface area contributed by atoms with Crippen LogP contribution in [0.1, 0.15) is 34.1 Å². The van der Waals surface area contributed by atoms with Gasteiger partial charge in [-0.15, -0.1) is 0 Å². The van der Waals surface area contributed by atoms with Crippen LogP contribution in [0, 0.1) is 23.7 Å². The van der Waals surface area contributed by atoms with Crippen molar-refractivity contribution in [2.75, 3.05) is 6.61 Å². The number of ether oxygens (including phenoxy) is 2. The largest absolute Gasteiger partial charge is 0.353 e. The zero-order valence-electron chi connectivity index (χ0n) is 10.8. The first-order valence-electron chi connectivity index (χ1n) is 6.53. The molecule has 2 aliphatic rings. The van der Waals surface area contributed by atoms with Crippen molar-refractivity contribution in [2.45, 2.75) is 46.5 Å². The van der Waals surface area contributed by atoms with Crippen LogP contribution in [-0.4, -0.2) is 19.0 Å². The van der Waals surface area contributed by atoms with Gasteiger partial charge in [-0.1, -0.05) is 32.9 Å². The number of rotatable bonds is 1. The summed E-state index contributed by atoms with van der Waals surface area (Å²) in [6, 6.07) is 0. The molecule has 6 atom stereocenters. The van der Waals surface area contributed by atoms with Crippen LogP contribution in [0.3, 0.4) is 0 Å². The van der Waals surface area contributed by atoms with Crippen molar-refractivity contribution >= 4 is 0 Å². The predicted molar refractivity (Wildman–Crippen MR) is 65.0 cm³/mol. The molecule has 0 amide bonds. The van der Waals surface area contributed by atoms with Crippen LogP contribution in [0.15, 0.2) is 12.2 Å². The van der Waals surface area contributed by atoms with Gasteiger partial charge in [0.2, 0.25) is 0 Å². The van der Waals surface area contributed by atoms with Crippen molar-refractivity contribution in [1.29, 1.82) is 0 Å². The second-order valence-electron chi connectivity index (χ2n) is 5.60. The average molecular weight is 224 g/mol. The zero-order valence-corrected chi connectivity index (χ0v) is 10.8. The van der Waals surface area contributed by atoms with E-state index in [-0.39, 0.29) is 6.29 Å². The normalized spacial score (nSPS) is 49.2. The van der Waals surface area contributed by atoms with Crippen LogP contribution in [0.5, 0.6) is 0 Å². The molecule has 2 rings (SSSR count). The van der Waals surface area contributed by atoms with Crippen LogP contribution in [0.4, 0.5) is 0 Å². The zero-order chi connectivity index (χ0) is 11.7. The lowest BCUT2D eigenvalue weighted by Gasteiger charge is -2.42. The van der Waals surface area contributed by atoms with Crippen molar-refractivity contribution in [3.05, 3.63) is 12.2 Å². The second kappa shape index (κ2) is 4.89. The van der Waals surface area contributed by atoms with E-state index in [0.29, 0.717) is 29.8 Å². The third kappa shape index (κ3) is 2.49. The Morgan fingerprint density at radius 3 is 2.56 bits per heavy atom. The fraction of sp³-hybridized carbons (Fsp3) is 0.857. The van der Waals surface area contributed by atoms with Gasteiger partial charge in [0, 0.05) is 5.92 Å². The molecule has 0 aromatic rings. The van der Waals surface area contributed by atoms with Gasteiger partial charge in [0.05, 0.1) is 12.7 Å². The number of allylic oxidation sites excluding steroid dienone is 2. The predicted octanol–water partition coefficient (Wildman–Crippen LogP) is 3.23. The fourth-order valence-electron chi connectivity index (χ4n) is 2.96. The first-order valence-corrected chi connectivity index (χ1v) is 6.53. The number of hydrogen-bond acceptors (Lipinski definition) is 2. The monoisotopic (exact) mass is 224 g/mol. The van der Waals surface area contributed by atoms with E-state index < -0.39 is 0 Å². The molecule has 0 bridgehead atoms. The summed E-state index contributed by atoms with van der Waals surface area (Å²) in [5.41, 5.74) is 0. The Bertz CT molecular complexity index is 261. The second-order valence-corrected chi connectivity index (χ2v) is 5.60. The molecule has 92 valence electrons. The van der Waals surface area contributed by atoms with Crippen LogP contribution in [-0.2, 0) is 9.47 Å². The van der Waals surface area contributed by atoms with Crippen LogP contribution < -0.4 is 0 Å². The highest BCUT2D eigenvalue weighted by Crippen LogP contribution is 2.36. The van der Waals surface area contributed by atoms with E-state index in [1.807, 2.05) is 6.92 Å². The summed E-state index contributed by atoms with van der Waals surface area (Å²) in [4.78, 5) is 0. The van der Waals surface area contributed by atoms with E-state index in [9.17, 15) is 0 Å². The Kier molecular flexibility index (Phi) is 3.70. The minimum Gasteiger partial charge on any atom is -0.353 e. The molecular formula is C14H24O2. The third-order valence-corrected chi connectivity index (χ3v) is 3.99. The Morgan fingerprint density at radius 1 is 1.06 bits per heavy atom. The van der Waals surface area contributed by atoms with Gasteiger partial charge in [-0.3, -0.25) is 0 Å². The molecule has 1 aliphatic heterocycles. The molecule has 0 spiro atoms. The summed E-state index contributed by atoms with van der Waals surface area (Å²) in [5.74, 6) is 2.49. The first-order chi connectivity index (χ1) is 7.58. The van der Waals surface area contributed by atoms with Gasteiger partial charge in [-0.25, -0.2) is 0 Å². The Balaban J connectivity index is 2.07. The van der Waals surface area contributed by atoms with Gasteiger partial charge >= 0.3 is 0 Å². The van der Waals surface area contributed by atoms with E-state index in [1.54, 1.807) is 0 Å². The van der Waals surface area contributed by atoms with Gasteiger partial charge in [0.15, 0.2) is 6.29 Å². The van der Waals surface area contributed by atoms with E-state index in [2.05, 4.69) is 32.9 Å². The lowest BCUT2D eigenvalue weighted by molar-refractivity contribution is -0.241. The molecule has 0 aromatic heterocycles. The molecule has 1 aliphatic carbocycles. The fourth-order valence-corrected chi connectivity index (χ4v) is 2.96. The van der Waals surface area contributed by atoms with Gasteiger partial charge in [-0.2, -0.15) is 0 Å². The summed E-state index contributed by atoms with van der Waals surface area (Å²) in [6.45, 7) is 9.69. The van der Waals surface area contributed by atoms with Crippen molar-refractivity contribution in [2.24, 2.45) is 23.7 Å². The molecule has 6 unspecified atom stereocenters. The number of hydrogen-bond donors (Lipinski definition) is 0. The van der Waals surface area contributed by atoms with Crippen molar-refractivity contribution in [1.82, 2.24) is 0 Å². The van der Waals surface area contributed by atoms with Crippen LogP contribution in [0.25, 0.3) is 0 Å². The maximum absolute atomic E-state index is 6.00. The van der Waals surface area contributed by atoms with Gasteiger partial charge in [0.1, 0.15) is 0 Å². The third-order valence-electron chi connectivity index (χ3n) is 3.99. The lowest BCUT2D eigenvalue weighted by Crippen LogP contribution is -2.44. The molecule has 1 heterocycles. The molecule has 0 aromatic carbocycles. The van der Waals surface area contributed by atoms with Gasteiger partial charge < -0.3 is 9.47 Å². The highest BCUT2D eigenvalue weighted by molar-refractivity contribution is 5.01. The summed E-state index contributed by atoms with van der Waals surface area (Å²) in [6.07, 6.45) is 6.28. The minimum absolute atomic E-state index is 0.0328. The van der Waals surface area contributed by atoms with Crippen LogP contribution in [0.2, 0.25) is 0 Å². The topological polar surface area (TPSA) is 18.5 Å². The molecule has 2 nitrogen and oxygen atoms in total. The lowest BCUT2D eigenvalue weighted by atomic mass is 9.74. The summed E-state index contributed by atoms with van der Waals surface area (Å²) >= 11 is 0. The standard InChI is InChI=1S/C14H24O2/c1-9-5-6-10(2)13(7-9)14-11(3)8-15-12(4)16-14/h5-6,9-14H,7-8H2,1-4H3. The molecular weight excluding hydrogens is 200 g/mol. The van der Waals surface area contributed by atoms with Gasteiger partial charge in [0.25, 0.3) is 0 Å². The highest BCUT2D eigenvalue weighted by Gasteiger charge is 2.37. The molecule has 0 saturated carbocycles. The SMILES string of the molecule is CC1C=CC(C)C(C2OC(C)OCC2C)C1. The van der Waals surface area contributed by atoms with E-state index in [4.69, 9.17) is 9.47 Å². The molecule has 0 radical (unpaired) electrons. The van der Waals surface area contributed by atoms with Crippen molar-refractivity contribution < 1.29 is 9.47 Å². The quantitative estimate of drug-likeness (QED) is 0.637. The van der Waals surface area contributed by atoms with Crippen molar-refractivity contribution in [3.8, 4) is 0 Å². The molecule has 1 saturated heterocycles. The van der Waals surface area contributed by atoms with Crippen molar-refractivity contribution in [3.63, 3.8) is 0 Å². The van der Waals surface area contributed by atoms with Gasteiger partial charge in [-0.05, 0) is 31.1 Å². The molecule has 2 heteroatoms. The Hall–Kier alpha value is -0.340. The molecule has 16 heavy (non-hydrogen) atoms. The Labute approximate surface area is 99.0 Å². The highest BCUT2D eigenvalue weighted by atomic mass is 16.7. The summed E-state index contributed by atoms with van der Waals surface area (Å²) in [7, 11) is 0. The van der Waals surface area contributed by atoms with E-state index in [0.717, 1.165) is 6.61 Å². The molecule has 1 fully saturated rings. The maximum Gasteiger partial charge on any atom is 0.155 e.